The molecule has 9 nitrogen and oxygen atoms in total. The minimum absolute atomic E-state index is 0.00707. The Morgan fingerprint density at radius 3 is 2.62 bits per heavy atom. The topological polar surface area (TPSA) is 105 Å². The quantitative estimate of drug-likeness (QED) is 0.362. The molecule has 0 saturated carbocycles. The summed E-state index contributed by atoms with van der Waals surface area (Å²) in [5, 5.41) is 18.4. The largest absolute Gasteiger partial charge is 0.492 e. The van der Waals surface area contributed by atoms with Gasteiger partial charge in [-0.15, -0.1) is 0 Å². The molecule has 0 spiro atoms. The molecular weight excluding hydrogens is 408 g/mol. The zero-order valence-corrected chi connectivity index (χ0v) is 18.2. The average molecular weight is 437 g/mol. The van der Waals surface area contributed by atoms with E-state index in [4.69, 9.17) is 4.74 Å². The summed E-state index contributed by atoms with van der Waals surface area (Å²) in [6.07, 6.45) is 4.03. The molecule has 0 amide bonds. The summed E-state index contributed by atoms with van der Waals surface area (Å²) in [6.45, 7) is 7.01. The predicted molar refractivity (Wildman–Crippen MR) is 125 cm³/mol. The molecule has 2 N–H and O–H groups in total. The summed E-state index contributed by atoms with van der Waals surface area (Å²) in [6, 6.07) is 11.2. The number of nitro benzene ring substituents is 1. The average Bonchev–Trinajstić information content (AvgIpc) is 3.31. The van der Waals surface area contributed by atoms with Gasteiger partial charge in [0.05, 0.1) is 10.4 Å². The first-order valence-electron chi connectivity index (χ1n) is 11.0. The van der Waals surface area contributed by atoms with Crippen molar-refractivity contribution in [3.05, 3.63) is 58.4 Å². The molecule has 1 aromatic heterocycles. The summed E-state index contributed by atoms with van der Waals surface area (Å²) in [7, 11) is 0. The number of ether oxygens (including phenoxy) is 1. The van der Waals surface area contributed by atoms with Gasteiger partial charge in [-0.25, -0.2) is 9.97 Å². The lowest BCUT2D eigenvalue weighted by Crippen LogP contribution is -2.25. The normalized spacial score (nSPS) is 13.9. The van der Waals surface area contributed by atoms with E-state index < -0.39 is 4.92 Å². The van der Waals surface area contributed by atoms with Crippen LogP contribution >= 0.6 is 0 Å². The first kappa shape index (κ1) is 21.8. The fourth-order valence-corrected chi connectivity index (χ4v) is 3.90. The lowest BCUT2D eigenvalue weighted by atomic mass is 10.1. The number of benzene rings is 2. The monoisotopic (exact) mass is 436 g/mol. The number of rotatable bonds is 10. The fraction of sp³-hybridized carbons (Fsp3) is 0.391. The Bertz CT molecular complexity index is 1070. The third-order valence-electron chi connectivity index (χ3n) is 5.57. The lowest BCUT2D eigenvalue weighted by Gasteiger charge is -2.15. The molecule has 2 aromatic carbocycles. The van der Waals surface area contributed by atoms with Crippen molar-refractivity contribution in [1.82, 2.24) is 14.9 Å². The number of anilines is 2. The molecule has 1 aliphatic rings. The van der Waals surface area contributed by atoms with Crippen molar-refractivity contribution >= 4 is 28.1 Å². The van der Waals surface area contributed by atoms with Gasteiger partial charge in [0.15, 0.2) is 0 Å². The molecule has 1 saturated heterocycles. The fourth-order valence-electron chi connectivity index (χ4n) is 3.90. The smallest absolute Gasteiger partial charge is 0.293 e. The molecule has 0 atom stereocenters. The van der Waals surface area contributed by atoms with Gasteiger partial charge in [-0.2, -0.15) is 0 Å². The first-order valence-corrected chi connectivity index (χ1v) is 11.0. The Kier molecular flexibility index (Phi) is 6.96. The Morgan fingerprint density at radius 1 is 1.12 bits per heavy atom. The maximum absolute atomic E-state index is 11.5. The van der Waals surface area contributed by atoms with Crippen molar-refractivity contribution < 1.29 is 9.66 Å². The van der Waals surface area contributed by atoms with E-state index in [1.165, 1.54) is 38.3 Å². The van der Waals surface area contributed by atoms with Gasteiger partial charge in [0.25, 0.3) is 5.69 Å². The maximum Gasteiger partial charge on any atom is 0.293 e. The van der Waals surface area contributed by atoms with E-state index in [0.717, 1.165) is 17.9 Å². The van der Waals surface area contributed by atoms with Gasteiger partial charge in [0, 0.05) is 31.1 Å². The van der Waals surface area contributed by atoms with Crippen molar-refractivity contribution in [3.63, 3.8) is 0 Å². The number of aromatic nitrogens is 2. The second-order valence-corrected chi connectivity index (χ2v) is 7.79. The van der Waals surface area contributed by atoms with Crippen LogP contribution in [-0.2, 0) is 6.54 Å². The highest BCUT2D eigenvalue weighted by atomic mass is 16.6. The van der Waals surface area contributed by atoms with Crippen LogP contribution in [0.4, 0.5) is 17.2 Å². The van der Waals surface area contributed by atoms with Gasteiger partial charge in [-0.05, 0) is 56.6 Å². The predicted octanol–water partition coefficient (Wildman–Crippen LogP) is 4.06. The second kappa shape index (κ2) is 10.2. The number of fused-ring (bicyclic) bond motifs is 1. The molecule has 168 valence electrons. The van der Waals surface area contributed by atoms with E-state index in [2.05, 4.69) is 25.5 Å². The van der Waals surface area contributed by atoms with Crippen molar-refractivity contribution in [2.24, 2.45) is 0 Å². The zero-order valence-electron chi connectivity index (χ0n) is 18.2. The maximum atomic E-state index is 11.5. The van der Waals surface area contributed by atoms with Crippen LogP contribution in [0.2, 0.25) is 0 Å². The van der Waals surface area contributed by atoms with E-state index >= 15 is 0 Å². The summed E-state index contributed by atoms with van der Waals surface area (Å²) in [4.78, 5) is 22.1. The van der Waals surface area contributed by atoms with Crippen LogP contribution in [-0.4, -0.2) is 52.6 Å². The molecule has 1 aliphatic heterocycles. The van der Waals surface area contributed by atoms with Gasteiger partial charge < -0.3 is 15.4 Å². The van der Waals surface area contributed by atoms with E-state index in [0.29, 0.717) is 42.1 Å². The van der Waals surface area contributed by atoms with Crippen LogP contribution in [0.1, 0.15) is 25.3 Å². The summed E-state index contributed by atoms with van der Waals surface area (Å²) >= 11 is 0. The standard InChI is InChI=1S/C23H28N6O3/c1-2-24-21-14-20-19(13-22(21)29(30)31)23(27-16-26-20)25-15-17-5-7-18(8-6-17)32-12-11-28-9-3-4-10-28/h5-8,13-14,16,24H,2-4,9-12,15H2,1H3,(H,25,26,27). The molecule has 0 unspecified atom stereocenters. The van der Waals surface area contributed by atoms with Crippen molar-refractivity contribution in [2.75, 3.05) is 43.4 Å². The number of likely N-dealkylation sites (tertiary alicyclic amines) is 1. The molecule has 0 radical (unpaired) electrons. The van der Waals surface area contributed by atoms with Crippen LogP contribution in [0.5, 0.6) is 5.75 Å². The second-order valence-electron chi connectivity index (χ2n) is 7.79. The Balaban J connectivity index is 1.41. The molecule has 0 aliphatic carbocycles. The number of nitrogens with one attached hydrogen (secondary N) is 2. The highest BCUT2D eigenvalue weighted by Gasteiger charge is 2.17. The third kappa shape index (κ3) is 5.23. The van der Waals surface area contributed by atoms with Gasteiger partial charge in [0.2, 0.25) is 0 Å². The lowest BCUT2D eigenvalue weighted by molar-refractivity contribution is -0.383. The molecule has 2 heterocycles. The number of nitrogens with zero attached hydrogens (tertiary/aromatic N) is 4. The first-order chi connectivity index (χ1) is 15.6. The van der Waals surface area contributed by atoms with E-state index in [1.807, 2.05) is 31.2 Å². The molecule has 32 heavy (non-hydrogen) atoms. The Labute approximate surface area is 187 Å². The van der Waals surface area contributed by atoms with Crippen molar-refractivity contribution in [1.29, 1.82) is 0 Å². The summed E-state index contributed by atoms with van der Waals surface area (Å²) in [5.41, 5.74) is 2.16. The minimum atomic E-state index is -0.392. The van der Waals surface area contributed by atoms with E-state index in [9.17, 15) is 10.1 Å². The molecule has 0 bridgehead atoms. The SMILES string of the molecule is CCNc1cc2ncnc(NCc3ccc(OCCN4CCCC4)cc3)c2cc1[N+](=O)[O-]. The van der Waals surface area contributed by atoms with Crippen LogP contribution in [0.15, 0.2) is 42.7 Å². The molecule has 1 fully saturated rings. The van der Waals surface area contributed by atoms with Crippen molar-refractivity contribution in [2.45, 2.75) is 26.3 Å². The number of hydrogen-bond donors (Lipinski definition) is 2. The Hall–Kier alpha value is -3.46. The minimum Gasteiger partial charge on any atom is -0.492 e. The Morgan fingerprint density at radius 2 is 1.91 bits per heavy atom. The highest BCUT2D eigenvalue weighted by molar-refractivity contribution is 5.94. The highest BCUT2D eigenvalue weighted by Crippen LogP contribution is 2.32. The zero-order chi connectivity index (χ0) is 22.3. The number of nitro groups is 1. The van der Waals surface area contributed by atoms with Crippen LogP contribution < -0.4 is 15.4 Å². The van der Waals surface area contributed by atoms with Crippen molar-refractivity contribution in [3.8, 4) is 5.75 Å². The van der Waals surface area contributed by atoms with Gasteiger partial charge in [0.1, 0.15) is 30.2 Å². The van der Waals surface area contributed by atoms with Gasteiger partial charge in [-0.3, -0.25) is 15.0 Å². The molecule has 4 rings (SSSR count). The third-order valence-corrected chi connectivity index (χ3v) is 5.57. The van der Waals surface area contributed by atoms with Gasteiger partial charge in [-0.1, -0.05) is 12.1 Å². The number of hydrogen-bond acceptors (Lipinski definition) is 8. The molecule has 9 heteroatoms. The van der Waals surface area contributed by atoms with Crippen LogP contribution in [0.3, 0.4) is 0 Å². The van der Waals surface area contributed by atoms with Gasteiger partial charge >= 0.3 is 0 Å². The molecule has 3 aromatic rings. The molecular formula is C23H28N6O3. The van der Waals surface area contributed by atoms with E-state index in [-0.39, 0.29) is 5.69 Å². The van der Waals surface area contributed by atoms with Crippen LogP contribution in [0, 0.1) is 10.1 Å². The summed E-state index contributed by atoms with van der Waals surface area (Å²) in [5.74, 6) is 1.42. The van der Waals surface area contributed by atoms with E-state index in [1.54, 1.807) is 6.07 Å². The van der Waals surface area contributed by atoms with Crippen LogP contribution in [0.25, 0.3) is 10.9 Å². The summed E-state index contributed by atoms with van der Waals surface area (Å²) < 4.78 is 5.86.